The lowest BCUT2D eigenvalue weighted by atomic mass is 10.1. The number of nitrogens with zero attached hydrogens (tertiary/aromatic N) is 2. The molecule has 0 fully saturated rings. The Balaban J connectivity index is 1.90. The van der Waals surface area contributed by atoms with E-state index in [-0.39, 0.29) is 11.2 Å². The first-order valence-electron chi connectivity index (χ1n) is 7.42. The standard InChI is InChI=1S/C18H19ClN2O/c1-13-11-17(18(22)12-20-9-3-4-10-20)14(2)21(13)16-7-5-15(19)6-8-16/h3-5,7-11,15H,6,12H2,1-2H3. The molecule has 22 heavy (non-hydrogen) atoms. The minimum absolute atomic E-state index is 0.0646. The van der Waals surface area contributed by atoms with Crippen molar-refractivity contribution in [1.29, 1.82) is 0 Å². The lowest BCUT2D eigenvalue weighted by Crippen LogP contribution is -2.11. The summed E-state index contributed by atoms with van der Waals surface area (Å²) in [7, 11) is 0. The summed E-state index contributed by atoms with van der Waals surface area (Å²) >= 11 is 6.09. The molecule has 1 aliphatic rings. The SMILES string of the molecule is Cc1cc(C(=O)Cn2cccc2)c(C)n1C1=CCC(Cl)C=C1. The fraction of sp³-hybridized carbons (Fsp3) is 0.278. The van der Waals surface area contributed by atoms with E-state index in [1.807, 2.05) is 61.2 Å². The van der Waals surface area contributed by atoms with Gasteiger partial charge in [-0.2, -0.15) is 0 Å². The Kier molecular flexibility index (Phi) is 4.08. The van der Waals surface area contributed by atoms with E-state index in [9.17, 15) is 4.79 Å². The summed E-state index contributed by atoms with van der Waals surface area (Å²) in [6.07, 6.45) is 10.8. The number of carbonyl (C=O) groups is 1. The molecule has 0 aliphatic heterocycles. The summed E-state index contributed by atoms with van der Waals surface area (Å²) in [5.74, 6) is 0.131. The third-order valence-corrected chi connectivity index (χ3v) is 4.33. The molecule has 0 N–H and O–H groups in total. The van der Waals surface area contributed by atoms with Crippen LogP contribution in [-0.4, -0.2) is 20.3 Å². The Hall–Kier alpha value is -2.00. The molecule has 1 unspecified atom stereocenters. The van der Waals surface area contributed by atoms with Gasteiger partial charge in [-0.3, -0.25) is 4.79 Å². The first kappa shape index (κ1) is 14.9. The molecular formula is C18H19ClN2O. The molecule has 0 spiro atoms. The molecule has 0 aromatic carbocycles. The highest BCUT2D eigenvalue weighted by molar-refractivity contribution is 6.22. The fourth-order valence-corrected chi connectivity index (χ4v) is 3.08. The number of hydrogen-bond acceptors (Lipinski definition) is 1. The second-order valence-corrected chi connectivity index (χ2v) is 6.20. The Morgan fingerprint density at radius 3 is 2.68 bits per heavy atom. The van der Waals surface area contributed by atoms with Crippen molar-refractivity contribution >= 4 is 23.1 Å². The Bertz CT molecular complexity index is 750. The van der Waals surface area contributed by atoms with Crippen LogP contribution in [0.2, 0.25) is 0 Å². The van der Waals surface area contributed by atoms with Crippen LogP contribution >= 0.6 is 11.6 Å². The molecule has 4 heteroatoms. The van der Waals surface area contributed by atoms with E-state index in [1.165, 1.54) is 0 Å². The molecule has 2 aromatic heterocycles. The second kappa shape index (κ2) is 6.01. The molecule has 2 heterocycles. The summed E-state index contributed by atoms with van der Waals surface area (Å²) in [5.41, 5.74) is 3.93. The molecule has 0 amide bonds. The maximum Gasteiger partial charge on any atom is 0.184 e. The van der Waals surface area contributed by atoms with Crippen molar-refractivity contribution < 1.29 is 4.79 Å². The van der Waals surface area contributed by atoms with E-state index >= 15 is 0 Å². The van der Waals surface area contributed by atoms with Gasteiger partial charge in [0.05, 0.1) is 11.9 Å². The van der Waals surface area contributed by atoms with Crippen molar-refractivity contribution in [2.75, 3.05) is 0 Å². The summed E-state index contributed by atoms with van der Waals surface area (Å²) in [6, 6.07) is 5.83. The van der Waals surface area contributed by atoms with Crippen LogP contribution in [0.3, 0.4) is 0 Å². The molecule has 0 bridgehead atoms. The first-order valence-corrected chi connectivity index (χ1v) is 7.85. The van der Waals surface area contributed by atoms with E-state index in [1.54, 1.807) is 0 Å². The van der Waals surface area contributed by atoms with Crippen molar-refractivity contribution in [3.8, 4) is 0 Å². The number of aromatic nitrogens is 2. The van der Waals surface area contributed by atoms with Gasteiger partial charge in [0, 0.05) is 35.0 Å². The maximum absolute atomic E-state index is 12.5. The van der Waals surface area contributed by atoms with Gasteiger partial charge in [0.15, 0.2) is 5.78 Å². The highest BCUT2D eigenvalue weighted by atomic mass is 35.5. The van der Waals surface area contributed by atoms with Gasteiger partial charge in [0.1, 0.15) is 0 Å². The van der Waals surface area contributed by atoms with Crippen LogP contribution in [0.4, 0.5) is 0 Å². The van der Waals surface area contributed by atoms with E-state index in [2.05, 4.69) is 10.6 Å². The molecule has 1 atom stereocenters. The van der Waals surface area contributed by atoms with Gasteiger partial charge >= 0.3 is 0 Å². The third kappa shape index (κ3) is 2.81. The summed E-state index contributed by atoms with van der Waals surface area (Å²) in [4.78, 5) is 12.5. The highest BCUT2D eigenvalue weighted by Gasteiger charge is 2.18. The average molecular weight is 315 g/mol. The van der Waals surface area contributed by atoms with Crippen LogP contribution in [0, 0.1) is 13.8 Å². The molecule has 114 valence electrons. The van der Waals surface area contributed by atoms with E-state index in [0.717, 1.165) is 29.1 Å². The average Bonchev–Trinajstić information content (AvgIpc) is 3.09. The minimum Gasteiger partial charge on any atom is -0.347 e. The minimum atomic E-state index is 0.0646. The van der Waals surface area contributed by atoms with Gasteiger partial charge in [0.2, 0.25) is 0 Å². The first-order chi connectivity index (χ1) is 10.6. The number of ketones is 1. The normalized spacial score (nSPS) is 17.6. The number of halogens is 1. The zero-order chi connectivity index (χ0) is 15.7. The summed E-state index contributed by atoms with van der Waals surface area (Å²) in [6.45, 7) is 4.40. The van der Waals surface area contributed by atoms with E-state index in [0.29, 0.717) is 6.54 Å². The lowest BCUT2D eigenvalue weighted by Gasteiger charge is -2.15. The van der Waals surface area contributed by atoms with E-state index < -0.39 is 0 Å². The maximum atomic E-state index is 12.5. The largest absolute Gasteiger partial charge is 0.347 e. The number of rotatable bonds is 4. The predicted molar refractivity (Wildman–Crippen MR) is 90.3 cm³/mol. The number of allylic oxidation sites excluding steroid dienone is 4. The van der Waals surface area contributed by atoms with Gasteiger partial charge in [-0.25, -0.2) is 0 Å². The molecule has 0 radical (unpaired) electrons. The molecule has 0 saturated carbocycles. The van der Waals surface area contributed by atoms with Crippen molar-refractivity contribution in [3.05, 3.63) is 65.8 Å². The van der Waals surface area contributed by atoms with Crippen molar-refractivity contribution in [1.82, 2.24) is 9.13 Å². The third-order valence-electron chi connectivity index (χ3n) is 4.01. The van der Waals surface area contributed by atoms with Crippen molar-refractivity contribution in [3.63, 3.8) is 0 Å². The molecule has 0 saturated heterocycles. The van der Waals surface area contributed by atoms with Crippen molar-refractivity contribution in [2.45, 2.75) is 32.2 Å². The Labute approximate surface area is 135 Å². The zero-order valence-electron chi connectivity index (χ0n) is 12.8. The number of Topliss-reactive ketones (excluding diaryl/α,β-unsaturated/α-hetero) is 1. The number of aryl methyl sites for hydroxylation is 1. The molecule has 2 aromatic rings. The quantitative estimate of drug-likeness (QED) is 0.614. The molecule has 3 nitrogen and oxygen atoms in total. The smallest absolute Gasteiger partial charge is 0.184 e. The number of carbonyl (C=O) groups excluding carboxylic acids is 1. The Morgan fingerprint density at radius 1 is 1.32 bits per heavy atom. The highest BCUT2D eigenvalue weighted by Crippen LogP contribution is 2.25. The molecular weight excluding hydrogens is 296 g/mol. The van der Waals surface area contributed by atoms with Crippen LogP contribution in [0.25, 0.3) is 5.70 Å². The Morgan fingerprint density at radius 2 is 2.05 bits per heavy atom. The van der Waals surface area contributed by atoms with Crippen molar-refractivity contribution in [2.24, 2.45) is 0 Å². The van der Waals surface area contributed by atoms with Gasteiger partial charge in [-0.1, -0.05) is 12.2 Å². The summed E-state index contributed by atoms with van der Waals surface area (Å²) in [5, 5.41) is 0.0646. The number of alkyl halides is 1. The topological polar surface area (TPSA) is 26.9 Å². The number of hydrogen-bond donors (Lipinski definition) is 0. The van der Waals surface area contributed by atoms with Gasteiger partial charge < -0.3 is 9.13 Å². The molecule has 1 aliphatic carbocycles. The van der Waals surface area contributed by atoms with Crippen LogP contribution in [-0.2, 0) is 6.54 Å². The fourth-order valence-electron chi connectivity index (χ4n) is 2.92. The second-order valence-electron chi connectivity index (χ2n) is 5.64. The lowest BCUT2D eigenvalue weighted by molar-refractivity contribution is 0.0971. The predicted octanol–water partition coefficient (Wildman–Crippen LogP) is 4.20. The van der Waals surface area contributed by atoms with Crippen LogP contribution in [0.15, 0.2) is 48.8 Å². The van der Waals surface area contributed by atoms with Crippen LogP contribution in [0.1, 0.15) is 28.2 Å². The van der Waals surface area contributed by atoms with E-state index in [4.69, 9.17) is 11.6 Å². The summed E-state index contributed by atoms with van der Waals surface area (Å²) < 4.78 is 4.02. The van der Waals surface area contributed by atoms with Gasteiger partial charge in [-0.15, -0.1) is 11.6 Å². The van der Waals surface area contributed by atoms with Gasteiger partial charge in [0.25, 0.3) is 0 Å². The van der Waals surface area contributed by atoms with Crippen LogP contribution in [0.5, 0.6) is 0 Å². The zero-order valence-corrected chi connectivity index (χ0v) is 13.5. The monoisotopic (exact) mass is 314 g/mol. The molecule has 3 rings (SSSR count). The van der Waals surface area contributed by atoms with Gasteiger partial charge in [-0.05, 0) is 44.5 Å². The van der Waals surface area contributed by atoms with Crippen LogP contribution < -0.4 is 0 Å².